The summed E-state index contributed by atoms with van der Waals surface area (Å²) in [6, 6.07) is 0. The topological polar surface area (TPSA) is 27.1 Å². The Morgan fingerprint density at radius 2 is 2.50 bits per heavy atom. The van der Waals surface area contributed by atoms with Gasteiger partial charge in [0.15, 0.2) is 0 Å². The molecular weight excluding hydrogens is 176 g/mol. The van der Waals surface area contributed by atoms with Gasteiger partial charge in [0.2, 0.25) is 0 Å². The number of hydrogen-bond donors (Lipinski definition) is 0. The van der Waals surface area contributed by atoms with Gasteiger partial charge in [0.05, 0.1) is 12.1 Å². The highest BCUT2D eigenvalue weighted by atomic mass is 35.5. The second kappa shape index (κ2) is 5.17. The summed E-state index contributed by atoms with van der Waals surface area (Å²) in [5.41, 5.74) is 1.06. The lowest BCUT2D eigenvalue weighted by Gasteiger charge is -1.99. The van der Waals surface area contributed by atoms with Crippen LogP contribution in [0.2, 0.25) is 0 Å². The van der Waals surface area contributed by atoms with E-state index in [0.717, 1.165) is 25.1 Å². The zero-order valence-electron chi connectivity index (χ0n) is 7.16. The second-order valence-corrected chi connectivity index (χ2v) is 2.86. The van der Waals surface area contributed by atoms with Crippen LogP contribution in [0.4, 0.5) is 0 Å². The number of nitrogens with zero attached hydrogens (tertiary/aromatic N) is 2. The summed E-state index contributed by atoms with van der Waals surface area (Å²) in [6.45, 7) is 1.67. The van der Waals surface area contributed by atoms with Crippen molar-refractivity contribution < 1.29 is 4.74 Å². The predicted molar refractivity (Wildman–Crippen MR) is 48.3 cm³/mol. The van der Waals surface area contributed by atoms with Crippen LogP contribution in [0.25, 0.3) is 0 Å². The highest BCUT2D eigenvalue weighted by molar-refractivity contribution is 6.17. The second-order valence-electron chi connectivity index (χ2n) is 2.59. The third-order valence-electron chi connectivity index (χ3n) is 1.58. The molecule has 3 nitrogen and oxygen atoms in total. The first-order valence-corrected chi connectivity index (χ1v) is 4.46. The molecule has 0 fully saturated rings. The fraction of sp³-hybridized carbons (Fsp3) is 0.625. The van der Waals surface area contributed by atoms with E-state index in [1.54, 1.807) is 13.3 Å². The lowest BCUT2D eigenvalue weighted by Crippen LogP contribution is -2.01. The minimum Gasteiger partial charge on any atom is -0.385 e. The molecule has 0 radical (unpaired) electrons. The number of rotatable bonds is 5. The Kier molecular flexibility index (Phi) is 4.11. The summed E-state index contributed by atoms with van der Waals surface area (Å²) < 4.78 is 6.82. The molecule has 0 aliphatic heterocycles. The zero-order chi connectivity index (χ0) is 8.81. The van der Waals surface area contributed by atoms with Crippen LogP contribution in [0, 0.1) is 0 Å². The smallest absolute Gasteiger partial charge is 0.0533 e. The van der Waals surface area contributed by atoms with Crippen molar-refractivity contribution >= 4 is 11.6 Å². The summed E-state index contributed by atoms with van der Waals surface area (Å²) >= 11 is 5.62. The summed E-state index contributed by atoms with van der Waals surface area (Å²) in [6.07, 6.45) is 4.74. The van der Waals surface area contributed by atoms with Gasteiger partial charge in [-0.2, -0.15) is 5.10 Å². The SMILES string of the molecule is COCCCn1cc(CCl)cn1. The molecule has 0 saturated heterocycles. The summed E-state index contributed by atoms with van der Waals surface area (Å²) in [5, 5.41) is 4.14. The van der Waals surface area contributed by atoms with Crippen molar-refractivity contribution in [3.63, 3.8) is 0 Å². The van der Waals surface area contributed by atoms with Crippen LogP contribution < -0.4 is 0 Å². The number of aryl methyl sites for hydroxylation is 1. The first kappa shape index (κ1) is 9.55. The van der Waals surface area contributed by atoms with Crippen LogP contribution in [0.1, 0.15) is 12.0 Å². The van der Waals surface area contributed by atoms with Gasteiger partial charge in [-0.25, -0.2) is 0 Å². The first-order chi connectivity index (χ1) is 5.86. The maximum absolute atomic E-state index is 5.62. The average molecular weight is 189 g/mol. The Balaban J connectivity index is 2.31. The third-order valence-corrected chi connectivity index (χ3v) is 1.89. The lowest BCUT2D eigenvalue weighted by molar-refractivity contribution is 0.189. The van der Waals surface area contributed by atoms with E-state index in [-0.39, 0.29) is 0 Å². The Labute approximate surface area is 77.3 Å². The van der Waals surface area contributed by atoms with Crippen molar-refractivity contribution in [3.05, 3.63) is 18.0 Å². The van der Waals surface area contributed by atoms with Crippen LogP contribution in [-0.2, 0) is 17.2 Å². The number of hydrogen-bond acceptors (Lipinski definition) is 2. The maximum atomic E-state index is 5.62. The standard InChI is InChI=1S/C8H13ClN2O/c1-12-4-2-3-11-7-8(5-9)6-10-11/h6-7H,2-5H2,1H3. The fourth-order valence-corrected chi connectivity index (χ4v) is 1.11. The van der Waals surface area contributed by atoms with Crippen molar-refractivity contribution in [2.45, 2.75) is 18.8 Å². The molecule has 0 bridgehead atoms. The zero-order valence-corrected chi connectivity index (χ0v) is 7.92. The minimum absolute atomic E-state index is 0.532. The first-order valence-electron chi connectivity index (χ1n) is 3.93. The molecule has 0 aliphatic rings. The minimum atomic E-state index is 0.532. The van der Waals surface area contributed by atoms with Crippen molar-refractivity contribution in [3.8, 4) is 0 Å². The molecule has 0 amide bonds. The summed E-state index contributed by atoms with van der Waals surface area (Å²) in [4.78, 5) is 0. The molecule has 4 heteroatoms. The van der Waals surface area contributed by atoms with Gasteiger partial charge in [-0.1, -0.05) is 0 Å². The average Bonchev–Trinajstić information content (AvgIpc) is 2.53. The molecular formula is C8H13ClN2O. The molecule has 0 aliphatic carbocycles. The van der Waals surface area contributed by atoms with E-state index in [9.17, 15) is 0 Å². The van der Waals surface area contributed by atoms with E-state index in [2.05, 4.69) is 5.10 Å². The van der Waals surface area contributed by atoms with Gasteiger partial charge in [-0.05, 0) is 6.42 Å². The summed E-state index contributed by atoms with van der Waals surface area (Å²) in [7, 11) is 1.70. The largest absolute Gasteiger partial charge is 0.385 e. The normalized spacial score (nSPS) is 10.5. The van der Waals surface area contributed by atoms with Gasteiger partial charge < -0.3 is 4.74 Å². The fourth-order valence-electron chi connectivity index (χ4n) is 0.969. The number of methoxy groups -OCH3 is 1. The molecule has 1 rings (SSSR count). The molecule has 0 N–H and O–H groups in total. The number of aromatic nitrogens is 2. The van der Waals surface area contributed by atoms with E-state index in [0.29, 0.717) is 5.88 Å². The van der Waals surface area contributed by atoms with E-state index >= 15 is 0 Å². The van der Waals surface area contributed by atoms with Crippen molar-refractivity contribution in [2.24, 2.45) is 0 Å². The molecule has 0 saturated carbocycles. The van der Waals surface area contributed by atoms with Crippen LogP contribution in [-0.4, -0.2) is 23.5 Å². The monoisotopic (exact) mass is 188 g/mol. The number of alkyl halides is 1. The molecule has 0 unspecified atom stereocenters. The molecule has 1 aromatic rings. The van der Waals surface area contributed by atoms with E-state index < -0.39 is 0 Å². The Morgan fingerprint density at radius 1 is 1.67 bits per heavy atom. The Morgan fingerprint density at radius 3 is 3.08 bits per heavy atom. The maximum Gasteiger partial charge on any atom is 0.0533 e. The lowest BCUT2D eigenvalue weighted by atomic mass is 10.4. The van der Waals surface area contributed by atoms with Gasteiger partial charge in [0.25, 0.3) is 0 Å². The highest BCUT2D eigenvalue weighted by Gasteiger charge is 1.95. The van der Waals surface area contributed by atoms with Gasteiger partial charge in [-0.3, -0.25) is 4.68 Å². The Hall–Kier alpha value is -0.540. The molecule has 68 valence electrons. The van der Waals surface area contributed by atoms with E-state index in [1.807, 2.05) is 10.9 Å². The number of halogens is 1. The molecule has 0 spiro atoms. The van der Waals surface area contributed by atoms with Crippen LogP contribution in [0.5, 0.6) is 0 Å². The predicted octanol–water partition coefficient (Wildman–Crippen LogP) is 1.66. The van der Waals surface area contributed by atoms with Crippen LogP contribution >= 0.6 is 11.6 Å². The van der Waals surface area contributed by atoms with Crippen molar-refractivity contribution in [2.75, 3.05) is 13.7 Å². The van der Waals surface area contributed by atoms with Gasteiger partial charge in [0, 0.05) is 32.0 Å². The van der Waals surface area contributed by atoms with Gasteiger partial charge in [-0.15, -0.1) is 11.6 Å². The van der Waals surface area contributed by atoms with Crippen molar-refractivity contribution in [1.82, 2.24) is 9.78 Å². The van der Waals surface area contributed by atoms with Crippen LogP contribution in [0.3, 0.4) is 0 Å². The van der Waals surface area contributed by atoms with E-state index in [1.165, 1.54) is 0 Å². The molecule has 1 aromatic heterocycles. The number of ether oxygens (including phenoxy) is 1. The van der Waals surface area contributed by atoms with Crippen molar-refractivity contribution in [1.29, 1.82) is 0 Å². The third kappa shape index (κ3) is 2.83. The Bertz CT molecular complexity index is 225. The van der Waals surface area contributed by atoms with Crippen LogP contribution in [0.15, 0.2) is 12.4 Å². The quantitative estimate of drug-likeness (QED) is 0.519. The van der Waals surface area contributed by atoms with E-state index in [4.69, 9.17) is 16.3 Å². The molecule has 12 heavy (non-hydrogen) atoms. The van der Waals surface area contributed by atoms with Gasteiger partial charge in [0.1, 0.15) is 0 Å². The molecule has 1 heterocycles. The highest BCUT2D eigenvalue weighted by Crippen LogP contribution is 2.01. The molecule has 0 atom stereocenters. The molecule has 0 aromatic carbocycles. The van der Waals surface area contributed by atoms with Gasteiger partial charge >= 0.3 is 0 Å². The summed E-state index contributed by atoms with van der Waals surface area (Å²) in [5.74, 6) is 0.532.